The van der Waals surface area contributed by atoms with Crippen molar-refractivity contribution in [2.45, 2.75) is 0 Å². The first-order chi connectivity index (χ1) is 17.0. The quantitative estimate of drug-likeness (QED) is 0.399. The zero-order valence-corrected chi connectivity index (χ0v) is 18.7. The Balaban J connectivity index is 1.54. The van der Waals surface area contributed by atoms with Crippen LogP contribution in [0, 0.1) is 5.82 Å². The van der Waals surface area contributed by atoms with Crippen molar-refractivity contribution in [3.8, 4) is 17.2 Å². The van der Waals surface area contributed by atoms with Crippen molar-refractivity contribution >= 4 is 33.3 Å². The summed E-state index contributed by atoms with van der Waals surface area (Å²) in [5, 5.41) is 14.5. The molecule has 6 rings (SSSR count). The molecule has 0 saturated carbocycles. The summed E-state index contributed by atoms with van der Waals surface area (Å²) in [5.74, 6) is -1.41. The van der Waals surface area contributed by atoms with E-state index < -0.39 is 22.8 Å². The van der Waals surface area contributed by atoms with Gasteiger partial charge in [0.05, 0.1) is 24.3 Å². The van der Waals surface area contributed by atoms with Crippen molar-refractivity contribution in [3.05, 3.63) is 70.3 Å². The lowest BCUT2D eigenvalue weighted by atomic mass is 10.0. The van der Waals surface area contributed by atoms with Gasteiger partial charge in [0, 0.05) is 37.8 Å². The van der Waals surface area contributed by atoms with E-state index in [9.17, 15) is 14.7 Å². The first-order valence-corrected chi connectivity index (χ1v) is 11.4. The summed E-state index contributed by atoms with van der Waals surface area (Å²) in [6.07, 6.45) is 1.29. The predicted molar refractivity (Wildman–Crippen MR) is 130 cm³/mol. The molecule has 0 spiro atoms. The van der Waals surface area contributed by atoms with E-state index in [4.69, 9.17) is 9.47 Å². The Morgan fingerprint density at radius 2 is 1.89 bits per heavy atom. The number of aromatic nitrogens is 1. The number of halogens is 1. The Kier molecular flexibility index (Phi) is 5.16. The third-order valence-electron chi connectivity index (χ3n) is 6.58. The number of rotatable bonds is 5. The number of morpholine rings is 1. The van der Waals surface area contributed by atoms with Gasteiger partial charge < -0.3 is 24.5 Å². The number of anilines is 1. The van der Waals surface area contributed by atoms with Gasteiger partial charge in [-0.3, -0.25) is 9.69 Å². The fourth-order valence-electron chi connectivity index (χ4n) is 4.83. The van der Waals surface area contributed by atoms with Crippen molar-refractivity contribution in [3.63, 3.8) is 0 Å². The topological polar surface area (TPSA) is 93.0 Å². The third kappa shape index (κ3) is 3.51. The smallest absolute Gasteiger partial charge is 0.341 e. The molecule has 2 aliphatic rings. The lowest BCUT2D eigenvalue weighted by Gasteiger charge is -2.28. The standard InChI is InChI=1S/C26H22FN3O5/c27-19-13-17-22-25(21(19)28-7-8-29-9-11-34-12-10-29)35-24-16-4-2-1-3-15(16)5-6-20(24)30(22)14-18(23(17)31)26(32)33/h1-6,13-14,28H,7-12H2,(H,32,33). The first kappa shape index (κ1) is 21.6. The van der Waals surface area contributed by atoms with Gasteiger partial charge in [0.25, 0.3) is 0 Å². The van der Waals surface area contributed by atoms with Gasteiger partial charge in [0.2, 0.25) is 5.43 Å². The minimum absolute atomic E-state index is 0.0464. The largest absolute Gasteiger partial charge is 0.477 e. The van der Waals surface area contributed by atoms with Crippen LogP contribution in [0.3, 0.4) is 0 Å². The summed E-state index contributed by atoms with van der Waals surface area (Å²) in [6, 6.07) is 12.4. The molecule has 8 nitrogen and oxygen atoms in total. The highest BCUT2D eigenvalue weighted by molar-refractivity contribution is 6.01. The number of hydrogen-bond donors (Lipinski definition) is 2. The van der Waals surface area contributed by atoms with Gasteiger partial charge in [-0.2, -0.15) is 0 Å². The second-order valence-corrected chi connectivity index (χ2v) is 8.62. The van der Waals surface area contributed by atoms with Crippen molar-refractivity contribution in [1.29, 1.82) is 0 Å². The molecule has 0 atom stereocenters. The molecular formula is C26H22FN3O5. The number of carbonyl (C=O) groups is 1. The average Bonchev–Trinajstić information content (AvgIpc) is 2.87. The van der Waals surface area contributed by atoms with Gasteiger partial charge in [-0.25, -0.2) is 9.18 Å². The first-order valence-electron chi connectivity index (χ1n) is 11.4. The molecule has 3 aromatic carbocycles. The zero-order valence-electron chi connectivity index (χ0n) is 18.7. The van der Waals surface area contributed by atoms with E-state index in [-0.39, 0.29) is 16.8 Å². The Bertz CT molecular complexity index is 1560. The fraction of sp³-hybridized carbons (Fsp3) is 0.231. The summed E-state index contributed by atoms with van der Waals surface area (Å²) in [7, 11) is 0. The fourth-order valence-corrected chi connectivity index (χ4v) is 4.83. The molecule has 2 N–H and O–H groups in total. The predicted octanol–water partition coefficient (Wildman–Crippen LogP) is 3.83. The summed E-state index contributed by atoms with van der Waals surface area (Å²) in [4.78, 5) is 27.0. The van der Waals surface area contributed by atoms with Crippen LogP contribution in [0.25, 0.3) is 27.4 Å². The van der Waals surface area contributed by atoms with Gasteiger partial charge in [-0.05, 0) is 17.5 Å². The Morgan fingerprint density at radius 3 is 2.69 bits per heavy atom. The van der Waals surface area contributed by atoms with E-state index in [1.807, 2.05) is 36.4 Å². The highest BCUT2D eigenvalue weighted by atomic mass is 19.1. The van der Waals surface area contributed by atoms with Crippen LogP contribution in [0.2, 0.25) is 0 Å². The highest BCUT2D eigenvalue weighted by Crippen LogP contribution is 2.47. The number of hydrogen-bond acceptors (Lipinski definition) is 6. The van der Waals surface area contributed by atoms with Crippen LogP contribution in [0.4, 0.5) is 10.1 Å². The summed E-state index contributed by atoms with van der Waals surface area (Å²) in [6.45, 7) is 4.09. The Morgan fingerprint density at radius 1 is 1.09 bits per heavy atom. The SMILES string of the molecule is O=C(O)c1cn2c3c(c(NCCN4CCOCC4)c(F)cc3c1=O)Oc1c-2ccc2ccccc12. The molecular weight excluding hydrogens is 453 g/mol. The maximum Gasteiger partial charge on any atom is 0.341 e. The molecule has 1 saturated heterocycles. The zero-order chi connectivity index (χ0) is 24.1. The molecule has 0 amide bonds. The van der Waals surface area contributed by atoms with Gasteiger partial charge in [-0.1, -0.05) is 30.3 Å². The summed E-state index contributed by atoms with van der Waals surface area (Å²) in [5.41, 5.74) is -0.137. The second-order valence-electron chi connectivity index (χ2n) is 8.62. The molecule has 0 bridgehead atoms. The van der Waals surface area contributed by atoms with Crippen molar-refractivity contribution in [2.24, 2.45) is 0 Å². The van der Waals surface area contributed by atoms with E-state index in [0.717, 1.165) is 29.9 Å². The third-order valence-corrected chi connectivity index (χ3v) is 6.58. The van der Waals surface area contributed by atoms with Crippen LogP contribution in [0.1, 0.15) is 10.4 Å². The van der Waals surface area contributed by atoms with E-state index in [1.165, 1.54) is 6.20 Å². The van der Waals surface area contributed by atoms with Gasteiger partial charge >= 0.3 is 5.97 Å². The van der Waals surface area contributed by atoms with E-state index in [1.54, 1.807) is 4.57 Å². The van der Waals surface area contributed by atoms with E-state index in [2.05, 4.69) is 10.2 Å². The molecule has 0 aliphatic carbocycles. The number of pyridine rings is 1. The molecule has 2 aliphatic heterocycles. The summed E-state index contributed by atoms with van der Waals surface area (Å²) < 4.78 is 28.7. The van der Waals surface area contributed by atoms with E-state index >= 15 is 4.39 Å². The molecule has 1 fully saturated rings. The minimum Gasteiger partial charge on any atom is -0.477 e. The number of carboxylic acid groups (broad SMARTS) is 1. The van der Waals surface area contributed by atoms with Gasteiger partial charge in [-0.15, -0.1) is 0 Å². The normalized spacial score (nSPS) is 15.1. The van der Waals surface area contributed by atoms with Crippen molar-refractivity contribution in [1.82, 2.24) is 9.47 Å². The molecule has 0 radical (unpaired) electrons. The Hall–Kier alpha value is -3.95. The molecule has 35 heavy (non-hydrogen) atoms. The van der Waals surface area contributed by atoms with Gasteiger partial charge in [0.1, 0.15) is 16.8 Å². The second kappa shape index (κ2) is 8.37. The van der Waals surface area contributed by atoms with Crippen molar-refractivity contribution < 1.29 is 23.8 Å². The van der Waals surface area contributed by atoms with Crippen LogP contribution in [0.15, 0.2) is 53.5 Å². The van der Waals surface area contributed by atoms with Crippen LogP contribution >= 0.6 is 0 Å². The Labute approximate surface area is 199 Å². The monoisotopic (exact) mass is 475 g/mol. The minimum atomic E-state index is -1.37. The van der Waals surface area contributed by atoms with Crippen LogP contribution in [-0.4, -0.2) is 59.9 Å². The number of carboxylic acids is 1. The lowest BCUT2D eigenvalue weighted by Crippen LogP contribution is -2.39. The number of aromatic carboxylic acids is 1. The van der Waals surface area contributed by atoms with E-state index in [0.29, 0.717) is 43.3 Å². The molecule has 4 aromatic rings. The molecule has 178 valence electrons. The van der Waals surface area contributed by atoms with Crippen LogP contribution < -0.4 is 15.5 Å². The van der Waals surface area contributed by atoms with Crippen LogP contribution in [-0.2, 0) is 4.74 Å². The highest BCUT2D eigenvalue weighted by Gasteiger charge is 2.29. The maximum atomic E-state index is 15.4. The number of ether oxygens (including phenoxy) is 2. The molecule has 1 aromatic heterocycles. The van der Waals surface area contributed by atoms with Crippen LogP contribution in [0.5, 0.6) is 11.5 Å². The average molecular weight is 475 g/mol. The molecule has 3 heterocycles. The van der Waals surface area contributed by atoms with Crippen molar-refractivity contribution in [2.75, 3.05) is 44.7 Å². The summed E-state index contributed by atoms with van der Waals surface area (Å²) >= 11 is 0. The lowest BCUT2D eigenvalue weighted by molar-refractivity contribution is 0.0398. The number of benzene rings is 3. The number of nitrogens with zero attached hydrogens (tertiary/aromatic N) is 2. The molecule has 9 heteroatoms. The number of nitrogens with one attached hydrogen (secondary N) is 1. The maximum absolute atomic E-state index is 15.4. The van der Waals surface area contributed by atoms with Gasteiger partial charge in [0.15, 0.2) is 17.3 Å². The number of fused-ring (bicyclic) bond motifs is 4. The molecule has 0 unspecified atom stereocenters.